The molecule has 0 aromatic heterocycles. The van der Waals surface area contributed by atoms with Gasteiger partial charge < -0.3 is 20.4 Å². The minimum absolute atomic E-state index is 0.0508. The van der Waals surface area contributed by atoms with Gasteiger partial charge in [0.25, 0.3) is 0 Å². The molecular weight excluding hydrogens is 380 g/mol. The van der Waals surface area contributed by atoms with Crippen LogP contribution in [0.1, 0.15) is 37.8 Å². The van der Waals surface area contributed by atoms with Gasteiger partial charge in [0, 0.05) is 48.4 Å². The first-order valence-corrected chi connectivity index (χ1v) is 11.4. The van der Waals surface area contributed by atoms with Gasteiger partial charge in [-0.15, -0.1) is 11.8 Å². The first kappa shape index (κ1) is 20.8. The normalized spacial score (nSPS) is 20.9. The summed E-state index contributed by atoms with van der Waals surface area (Å²) in [7, 11) is 0. The Hall–Kier alpha value is -0.950. The fourth-order valence-corrected chi connectivity index (χ4v) is 5.00. The number of hydrogen-bond acceptors (Lipinski definition) is 4. The number of carbonyl (C=O) groups is 1. The molecule has 27 heavy (non-hydrogen) atoms. The molecule has 5 nitrogen and oxygen atoms in total. The van der Waals surface area contributed by atoms with Crippen LogP contribution in [0.3, 0.4) is 0 Å². The molecule has 1 aromatic carbocycles. The molecule has 2 aliphatic rings. The Morgan fingerprint density at radius 2 is 2.00 bits per heavy atom. The Labute approximate surface area is 172 Å². The van der Waals surface area contributed by atoms with Gasteiger partial charge in [-0.2, -0.15) is 0 Å². The summed E-state index contributed by atoms with van der Waals surface area (Å²) in [5.74, 6) is 1.02. The van der Waals surface area contributed by atoms with E-state index >= 15 is 0 Å². The van der Waals surface area contributed by atoms with Crippen molar-refractivity contribution in [2.45, 2.75) is 37.1 Å². The zero-order chi connectivity index (χ0) is 19.1. The lowest BCUT2D eigenvalue weighted by atomic mass is 10.0. The predicted molar refractivity (Wildman–Crippen MR) is 114 cm³/mol. The maximum Gasteiger partial charge on any atom is 0.315 e. The molecule has 0 bridgehead atoms. The molecule has 1 atom stereocenters. The number of nitrogens with zero attached hydrogens (tertiary/aromatic N) is 2. The summed E-state index contributed by atoms with van der Waals surface area (Å²) in [5, 5.41) is 6.85. The van der Waals surface area contributed by atoms with Gasteiger partial charge in [-0.1, -0.05) is 18.5 Å². The first-order valence-electron chi connectivity index (χ1n) is 10.1. The van der Waals surface area contributed by atoms with Crippen LogP contribution in [0.25, 0.3) is 0 Å². The number of likely N-dealkylation sites (N-methyl/N-ethyl adjacent to an activating group) is 1. The van der Waals surface area contributed by atoms with E-state index in [1.807, 2.05) is 23.9 Å². The van der Waals surface area contributed by atoms with Crippen LogP contribution < -0.4 is 10.6 Å². The number of benzene rings is 1. The number of carbonyl (C=O) groups excluding carboxylic acids is 1. The fourth-order valence-electron chi connectivity index (χ4n) is 3.72. The van der Waals surface area contributed by atoms with E-state index in [-0.39, 0.29) is 12.1 Å². The van der Waals surface area contributed by atoms with E-state index in [1.165, 1.54) is 31.1 Å². The van der Waals surface area contributed by atoms with Crippen molar-refractivity contribution in [3.63, 3.8) is 0 Å². The molecule has 0 radical (unpaired) electrons. The van der Waals surface area contributed by atoms with Crippen LogP contribution in [-0.2, 0) is 0 Å². The molecule has 0 saturated carbocycles. The lowest BCUT2D eigenvalue weighted by molar-refractivity contribution is 0.135. The highest BCUT2D eigenvalue weighted by molar-refractivity contribution is 7.99. The van der Waals surface area contributed by atoms with Gasteiger partial charge in [0.1, 0.15) is 0 Å². The van der Waals surface area contributed by atoms with Gasteiger partial charge in [-0.05, 0) is 56.1 Å². The average Bonchev–Trinajstić information content (AvgIpc) is 2.68. The number of hydrogen-bond donors (Lipinski definition) is 2. The van der Waals surface area contributed by atoms with Crippen molar-refractivity contribution in [3.05, 3.63) is 28.8 Å². The number of nitrogens with one attached hydrogen (secondary N) is 2. The third-order valence-corrected chi connectivity index (χ3v) is 6.77. The molecular formula is C20H31ClN4OS. The summed E-state index contributed by atoms with van der Waals surface area (Å²) in [6.45, 7) is 9.95. The zero-order valence-electron chi connectivity index (χ0n) is 16.2. The molecule has 1 fully saturated rings. The minimum atomic E-state index is -0.0746. The summed E-state index contributed by atoms with van der Waals surface area (Å²) in [6.07, 6.45) is 3.09. The second-order valence-corrected chi connectivity index (χ2v) is 8.83. The molecule has 2 heterocycles. The highest BCUT2D eigenvalue weighted by Crippen LogP contribution is 2.37. The highest BCUT2D eigenvalue weighted by Gasteiger charge is 2.22. The number of rotatable bonds is 7. The second-order valence-electron chi connectivity index (χ2n) is 7.26. The molecule has 1 aromatic rings. The summed E-state index contributed by atoms with van der Waals surface area (Å²) < 4.78 is 0. The molecule has 2 amide bonds. The zero-order valence-corrected chi connectivity index (χ0v) is 17.7. The van der Waals surface area contributed by atoms with Crippen molar-refractivity contribution in [2.24, 2.45) is 0 Å². The topological polar surface area (TPSA) is 47.6 Å². The minimum Gasteiger partial charge on any atom is -0.338 e. The number of piperazine rings is 1. The predicted octanol–water partition coefficient (Wildman–Crippen LogP) is 3.59. The van der Waals surface area contributed by atoms with E-state index < -0.39 is 0 Å². The highest BCUT2D eigenvalue weighted by atomic mass is 35.5. The molecule has 0 unspecified atom stereocenters. The quantitative estimate of drug-likeness (QED) is 0.674. The Morgan fingerprint density at radius 3 is 2.78 bits per heavy atom. The van der Waals surface area contributed by atoms with Crippen LogP contribution >= 0.6 is 23.4 Å². The SMILES string of the molecule is CCN1CCN(CCCCNC(=O)N[C@H]2CCSc3ccc(Cl)cc32)CC1. The Kier molecular flexibility index (Phi) is 8.12. The number of fused-ring (bicyclic) bond motifs is 1. The molecule has 7 heteroatoms. The Balaban J connectivity index is 1.32. The summed E-state index contributed by atoms with van der Waals surface area (Å²) in [4.78, 5) is 18.5. The van der Waals surface area contributed by atoms with Crippen LogP contribution in [0, 0.1) is 0 Å². The van der Waals surface area contributed by atoms with Crippen molar-refractivity contribution >= 4 is 29.4 Å². The number of halogens is 1. The van der Waals surface area contributed by atoms with Crippen LogP contribution in [0.4, 0.5) is 4.79 Å². The monoisotopic (exact) mass is 410 g/mol. The summed E-state index contributed by atoms with van der Waals surface area (Å²) in [6, 6.07) is 5.92. The van der Waals surface area contributed by atoms with Gasteiger partial charge in [0.15, 0.2) is 0 Å². The van der Waals surface area contributed by atoms with Crippen molar-refractivity contribution < 1.29 is 4.79 Å². The van der Waals surface area contributed by atoms with E-state index in [2.05, 4.69) is 33.4 Å². The molecule has 2 N–H and O–H groups in total. The van der Waals surface area contributed by atoms with E-state index in [1.54, 1.807) is 0 Å². The first-order chi connectivity index (χ1) is 13.2. The van der Waals surface area contributed by atoms with E-state index in [0.717, 1.165) is 55.2 Å². The van der Waals surface area contributed by atoms with Crippen LogP contribution in [-0.4, -0.2) is 67.4 Å². The average molecular weight is 411 g/mol. The number of thioether (sulfide) groups is 1. The van der Waals surface area contributed by atoms with Gasteiger partial charge in [-0.25, -0.2) is 4.79 Å². The molecule has 3 rings (SSSR count). The molecule has 1 saturated heterocycles. The molecule has 2 aliphatic heterocycles. The lowest BCUT2D eigenvalue weighted by Crippen LogP contribution is -2.46. The van der Waals surface area contributed by atoms with Crippen molar-refractivity contribution in [3.8, 4) is 0 Å². The number of unbranched alkanes of at least 4 members (excludes halogenated alkanes) is 1. The summed E-state index contributed by atoms with van der Waals surface area (Å²) in [5.41, 5.74) is 1.14. The third kappa shape index (κ3) is 6.28. The fraction of sp³-hybridized carbons (Fsp3) is 0.650. The van der Waals surface area contributed by atoms with Gasteiger partial charge >= 0.3 is 6.03 Å². The third-order valence-electron chi connectivity index (χ3n) is 5.42. The van der Waals surface area contributed by atoms with Crippen LogP contribution in [0.15, 0.2) is 23.1 Å². The standard InChI is InChI=1S/C20H31ClN4OS/c1-2-24-10-12-25(13-11-24)9-4-3-8-22-20(26)23-18-7-14-27-19-6-5-16(21)15-17(18)19/h5-6,15,18H,2-4,7-14H2,1H3,(H2,22,23,26)/t18-/m0/s1. The van der Waals surface area contributed by atoms with Crippen LogP contribution in [0.2, 0.25) is 5.02 Å². The molecule has 150 valence electrons. The largest absolute Gasteiger partial charge is 0.338 e. The van der Waals surface area contributed by atoms with Crippen LogP contribution in [0.5, 0.6) is 0 Å². The Morgan fingerprint density at radius 1 is 1.22 bits per heavy atom. The summed E-state index contributed by atoms with van der Waals surface area (Å²) >= 11 is 7.96. The maximum atomic E-state index is 12.3. The second kappa shape index (κ2) is 10.6. The molecule has 0 aliphatic carbocycles. The van der Waals surface area contributed by atoms with E-state index in [9.17, 15) is 4.79 Å². The maximum absolute atomic E-state index is 12.3. The van der Waals surface area contributed by atoms with Crippen molar-refractivity contribution in [2.75, 3.05) is 51.6 Å². The van der Waals surface area contributed by atoms with Crippen molar-refractivity contribution in [1.29, 1.82) is 0 Å². The van der Waals surface area contributed by atoms with E-state index in [4.69, 9.17) is 11.6 Å². The van der Waals surface area contributed by atoms with E-state index in [0.29, 0.717) is 0 Å². The lowest BCUT2D eigenvalue weighted by Gasteiger charge is -2.34. The van der Waals surface area contributed by atoms with Crippen molar-refractivity contribution in [1.82, 2.24) is 20.4 Å². The number of urea groups is 1. The van der Waals surface area contributed by atoms with Gasteiger partial charge in [0.05, 0.1) is 6.04 Å². The molecule has 0 spiro atoms. The Bertz CT molecular complexity index is 622. The van der Waals surface area contributed by atoms with Gasteiger partial charge in [-0.3, -0.25) is 0 Å². The smallest absolute Gasteiger partial charge is 0.315 e. The number of amides is 2. The van der Waals surface area contributed by atoms with Gasteiger partial charge in [0.2, 0.25) is 0 Å².